The van der Waals surface area contributed by atoms with Crippen LogP contribution < -0.4 is 4.74 Å². The van der Waals surface area contributed by atoms with Crippen molar-refractivity contribution in [2.75, 3.05) is 0 Å². The lowest BCUT2D eigenvalue weighted by atomic mass is 10.0. The highest BCUT2D eigenvalue weighted by molar-refractivity contribution is 6.35. The van der Waals surface area contributed by atoms with Gasteiger partial charge in [-0.05, 0) is 53.6 Å². The Kier molecular flexibility index (Phi) is 6.50. The standard InChI is InChI=1S/C22H14Cl2N2O3/c23-21-5-2-6-22(24)20(21)14-29-19-4-1-3-15(12-19)11-17(13-25)16-7-9-18(10-8-16)26(27)28/h1-12H,14H2. The zero-order valence-corrected chi connectivity index (χ0v) is 16.5. The fourth-order valence-electron chi connectivity index (χ4n) is 2.63. The molecule has 0 aliphatic heterocycles. The van der Waals surface area contributed by atoms with Gasteiger partial charge in [-0.25, -0.2) is 0 Å². The highest BCUT2D eigenvalue weighted by Crippen LogP contribution is 2.27. The smallest absolute Gasteiger partial charge is 0.269 e. The van der Waals surface area contributed by atoms with E-state index in [-0.39, 0.29) is 12.3 Å². The molecule has 0 radical (unpaired) electrons. The van der Waals surface area contributed by atoms with Gasteiger partial charge in [-0.2, -0.15) is 5.26 Å². The van der Waals surface area contributed by atoms with Crippen LogP contribution in [0.5, 0.6) is 5.75 Å². The molecule has 0 saturated heterocycles. The number of nitrogens with zero attached hydrogens (tertiary/aromatic N) is 2. The predicted octanol–water partition coefficient (Wildman–Crippen LogP) is 6.54. The number of hydrogen-bond donors (Lipinski definition) is 0. The average molecular weight is 425 g/mol. The number of nitro benzene ring substituents is 1. The highest BCUT2D eigenvalue weighted by atomic mass is 35.5. The molecule has 0 unspecified atom stereocenters. The number of ether oxygens (including phenoxy) is 1. The summed E-state index contributed by atoms with van der Waals surface area (Å²) in [6.07, 6.45) is 1.69. The van der Waals surface area contributed by atoms with Gasteiger partial charge < -0.3 is 4.74 Å². The normalized spacial score (nSPS) is 11.0. The first-order chi connectivity index (χ1) is 14.0. The molecule has 3 aromatic carbocycles. The van der Waals surface area contributed by atoms with E-state index in [1.807, 2.05) is 6.07 Å². The summed E-state index contributed by atoms with van der Waals surface area (Å²) in [6.45, 7) is 0.207. The first kappa shape index (κ1) is 20.4. The zero-order chi connectivity index (χ0) is 20.8. The molecule has 0 amide bonds. The Labute approximate surface area is 177 Å². The molecule has 0 N–H and O–H groups in total. The topological polar surface area (TPSA) is 76.2 Å². The average Bonchev–Trinajstić information content (AvgIpc) is 2.72. The van der Waals surface area contributed by atoms with E-state index in [1.165, 1.54) is 12.1 Å². The maximum absolute atomic E-state index is 10.8. The third kappa shape index (κ3) is 5.14. The van der Waals surface area contributed by atoms with Crippen LogP contribution in [0.4, 0.5) is 5.69 Å². The third-order valence-electron chi connectivity index (χ3n) is 4.12. The molecule has 7 heteroatoms. The van der Waals surface area contributed by atoms with Gasteiger partial charge in [-0.15, -0.1) is 0 Å². The molecule has 29 heavy (non-hydrogen) atoms. The van der Waals surface area contributed by atoms with Crippen LogP contribution in [0, 0.1) is 21.4 Å². The Morgan fingerprint density at radius 3 is 2.34 bits per heavy atom. The number of hydrogen-bond acceptors (Lipinski definition) is 4. The summed E-state index contributed by atoms with van der Waals surface area (Å²) < 4.78 is 5.80. The molecule has 0 spiro atoms. The van der Waals surface area contributed by atoms with Crippen molar-refractivity contribution in [3.05, 3.63) is 104 Å². The zero-order valence-electron chi connectivity index (χ0n) is 15.0. The van der Waals surface area contributed by atoms with E-state index in [0.29, 0.717) is 32.5 Å². The molecule has 3 rings (SSSR count). The maximum atomic E-state index is 10.8. The molecule has 0 bridgehead atoms. The molecule has 0 atom stereocenters. The van der Waals surface area contributed by atoms with Crippen LogP contribution in [-0.4, -0.2) is 4.92 Å². The Balaban J connectivity index is 1.80. The Morgan fingerprint density at radius 2 is 1.72 bits per heavy atom. The van der Waals surface area contributed by atoms with Gasteiger partial charge in [0.2, 0.25) is 0 Å². The quantitative estimate of drug-likeness (QED) is 0.194. The molecule has 0 heterocycles. The Hall–Kier alpha value is -3.33. The lowest BCUT2D eigenvalue weighted by molar-refractivity contribution is -0.384. The van der Waals surface area contributed by atoms with Crippen molar-refractivity contribution in [3.8, 4) is 11.8 Å². The summed E-state index contributed by atoms with van der Waals surface area (Å²) in [5.74, 6) is 0.593. The number of benzene rings is 3. The fraction of sp³-hybridized carbons (Fsp3) is 0.0455. The molecular formula is C22H14Cl2N2O3. The summed E-state index contributed by atoms with van der Waals surface area (Å²) in [4.78, 5) is 10.3. The van der Waals surface area contributed by atoms with Gasteiger partial charge in [-0.1, -0.05) is 41.4 Å². The second-order valence-electron chi connectivity index (χ2n) is 6.04. The summed E-state index contributed by atoms with van der Waals surface area (Å²) in [5, 5.41) is 21.3. The van der Waals surface area contributed by atoms with Crippen LogP contribution in [0.15, 0.2) is 66.7 Å². The van der Waals surface area contributed by atoms with Crippen LogP contribution >= 0.6 is 23.2 Å². The minimum Gasteiger partial charge on any atom is -0.489 e. The predicted molar refractivity (Wildman–Crippen MR) is 114 cm³/mol. The molecule has 0 saturated carbocycles. The van der Waals surface area contributed by atoms with Crippen LogP contribution in [0.2, 0.25) is 10.0 Å². The number of allylic oxidation sites excluding steroid dienone is 1. The molecule has 0 aliphatic carbocycles. The van der Waals surface area contributed by atoms with E-state index in [2.05, 4.69) is 6.07 Å². The van der Waals surface area contributed by atoms with Gasteiger partial charge in [0.25, 0.3) is 5.69 Å². The van der Waals surface area contributed by atoms with E-state index in [0.717, 1.165) is 5.56 Å². The van der Waals surface area contributed by atoms with Crippen molar-refractivity contribution in [3.63, 3.8) is 0 Å². The number of nitro groups is 1. The number of non-ortho nitro benzene ring substituents is 1. The number of rotatable bonds is 6. The van der Waals surface area contributed by atoms with Crippen LogP contribution in [0.3, 0.4) is 0 Å². The second-order valence-corrected chi connectivity index (χ2v) is 6.85. The fourth-order valence-corrected chi connectivity index (χ4v) is 3.14. The monoisotopic (exact) mass is 424 g/mol. The van der Waals surface area contributed by atoms with E-state index in [9.17, 15) is 15.4 Å². The van der Waals surface area contributed by atoms with Gasteiger partial charge in [-0.3, -0.25) is 10.1 Å². The largest absolute Gasteiger partial charge is 0.489 e. The first-order valence-corrected chi connectivity index (χ1v) is 9.26. The van der Waals surface area contributed by atoms with Gasteiger partial charge in [0.05, 0.1) is 16.6 Å². The van der Waals surface area contributed by atoms with Crippen LogP contribution in [0.25, 0.3) is 11.6 Å². The molecule has 0 aromatic heterocycles. The van der Waals surface area contributed by atoms with Crippen molar-refractivity contribution < 1.29 is 9.66 Å². The molecule has 0 aliphatic rings. The molecular weight excluding hydrogens is 411 g/mol. The van der Waals surface area contributed by atoms with Crippen LogP contribution in [-0.2, 0) is 6.61 Å². The summed E-state index contributed by atoms with van der Waals surface area (Å²) in [6, 6.07) is 20.4. The lowest BCUT2D eigenvalue weighted by Crippen LogP contribution is -1.97. The summed E-state index contributed by atoms with van der Waals surface area (Å²) in [5.41, 5.74) is 2.39. The Bertz CT molecular complexity index is 1100. The van der Waals surface area contributed by atoms with E-state index in [1.54, 1.807) is 54.6 Å². The van der Waals surface area contributed by atoms with Gasteiger partial charge >= 0.3 is 0 Å². The molecule has 144 valence electrons. The van der Waals surface area contributed by atoms with E-state index < -0.39 is 4.92 Å². The molecule has 3 aromatic rings. The molecule has 0 fully saturated rings. The number of nitriles is 1. The van der Waals surface area contributed by atoms with Gasteiger partial charge in [0.15, 0.2) is 0 Å². The van der Waals surface area contributed by atoms with E-state index in [4.69, 9.17) is 27.9 Å². The van der Waals surface area contributed by atoms with Gasteiger partial charge in [0.1, 0.15) is 12.4 Å². The first-order valence-electron chi connectivity index (χ1n) is 8.50. The number of halogens is 2. The van der Waals surface area contributed by atoms with Crippen molar-refractivity contribution >= 4 is 40.5 Å². The molecule has 5 nitrogen and oxygen atoms in total. The highest BCUT2D eigenvalue weighted by Gasteiger charge is 2.08. The third-order valence-corrected chi connectivity index (χ3v) is 4.83. The van der Waals surface area contributed by atoms with E-state index >= 15 is 0 Å². The van der Waals surface area contributed by atoms with Crippen molar-refractivity contribution in [1.82, 2.24) is 0 Å². The second kappa shape index (κ2) is 9.24. The minimum absolute atomic E-state index is 0.0281. The minimum atomic E-state index is -0.481. The van der Waals surface area contributed by atoms with Crippen molar-refractivity contribution in [1.29, 1.82) is 5.26 Å². The van der Waals surface area contributed by atoms with Crippen molar-refractivity contribution in [2.24, 2.45) is 0 Å². The SMILES string of the molecule is N#CC(=Cc1cccc(OCc2c(Cl)cccc2Cl)c1)c1ccc([N+](=O)[O-])cc1. The summed E-state index contributed by atoms with van der Waals surface area (Å²) >= 11 is 12.3. The van der Waals surface area contributed by atoms with Gasteiger partial charge in [0, 0.05) is 27.7 Å². The Morgan fingerprint density at radius 1 is 1.07 bits per heavy atom. The lowest BCUT2D eigenvalue weighted by Gasteiger charge is -2.10. The summed E-state index contributed by atoms with van der Waals surface area (Å²) in [7, 11) is 0. The van der Waals surface area contributed by atoms with Crippen molar-refractivity contribution in [2.45, 2.75) is 6.61 Å². The maximum Gasteiger partial charge on any atom is 0.269 e. The van der Waals surface area contributed by atoms with Crippen LogP contribution in [0.1, 0.15) is 16.7 Å².